The van der Waals surface area contributed by atoms with E-state index in [2.05, 4.69) is 0 Å². The van der Waals surface area contributed by atoms with Gasteiger partial charge in [0.1, 0.15) is 17.3 Å². The molecule has 0 saturated carbocycles. The summed E-state index contributed by atoms with van der Waals surface area (Å²) in [6.07, 6.45) is 0. The van der Waals surface area contributed by atoms with Crippen LogP contribution in [0, 0.1) is 17.5 Å². The molecule has 0 N–H and O–H groups in total. The van der Waals surface area contributed by atoms with Gasteiger partial charge in [-0.25, -0.2) is 13.2 Å². The molecule has 0 bridgehead atoms. The number of halogens is 4. The Labute approximate surface area is 107 Å². The van der Waals surface area contributed by atoms with Crippen molar-refractivity contribution in [1.29, 1.82) is 0 Å². The van der Waals surface area contributed by atoms with Crippen molar-refractivity contribution in [3.05, 3.63) is 59.4 Å². The van der Waals surface area contributed by atoms with Crippen molar-refractivity contribution < 1.29 is 17.9 Å². The first kappa shape index (κ1) is 12.8. The van der Waals surface area contributed by atoms with Gasteiger partial charge >= 0.3 is 0 Å². The largest absolute Gasteiger partial charge is 0.457 e. The molecule has 0 aliphatic rings. The molecule has 1 nitrogen and oxygen atoms in total. The fraction of sp³-hybridized carbons (Fsp3) is 0.0769. The van der Waals surface area contributed by atoms with Crippen LogP contribution in [0.15, 0.2) is 36.4 Å². The molecule has 5 heteroatoms. The summed E-state index contributed by atoms with van der Waals surface area (Å²) in [4.78, 5) is 0. The van der Waals surface area contributed by atoms with Crippen LogP contribution in [-0.2, 0) is 5.88 Å². The predicted molar refractivity (Wildman–Crippen MR) is 62.4 cm³/mol. The van der Waals surface area contributed by atoms with Crippen molar-refractivity contribution in [2.45, 2.75) is 5.88 Å². The maximum Gasteiger partial charge on any atom is 0.162 e. The second kappa shape index (κ2) is 5.31. The lowest BCUT2D eigenvalue weighted by Gasteiger charge is -2.10. The van der Waals surface area contributed by atoms with E-state index in [1.54, 1.807) is 0 Å². The van der Waals surface area contributed by atoms with Crippen molar-refractivity contribution >= 4 is 11.6 Å². The quantitative estimate of drug-likeness (QED) is 0.740. The summed E-state index contributed by atoms with van der Waals surface area (Å²) in [5.74, 6) is -2.34. The van der Waals surface area contributed by atoms with Crippen LogP contribution in [0.3, 0.4) is 0 Å². The summed E-state index contributed by atoms with van der Waals surface area (Å²) in [5.41, 5.74) is 0.170. The minimum atomic E-state index is -1.03. The molecule has 2 aromatic carbocycles. The summed E-state index contributed by atoms with van der Waals surface area (Å²) >= 11 is 5.61. The Morgan fingerprint density at radius 3 is 2.39 bits per heavy atom. The summed E-state index contributed by atoms with van der Waals surface area (Å²) in [6.45, 7) is 0. The van der Waals surface area contributed by atoms with Crippen molar-refractivity contribution in [2.24, 2.45) is 0 Å². The van der Waals surface area contributed by atoms with E-state index in [1.165, 1.54) is 24.3 Å². The molecule has 0 saturated heterocycles. The standard InChI is InChI=1S/C13H8ClF3O/c14-7-9-10(15)2-1-3-13(9)18-8-4-5-11(16)12(17)6-8/h1-6H,7H2. The van der Waals surface area contributed by atoms with Crippen molar-refractivity contribution in [3.63, 3.8) is 0 Å². The average Bonchev–Trinajstić information content (AvgIpc) is 2.34. The number of alkyl halides is 1. The zero-order valence-corrected chi connectivity index (χ0v) is 9.85. The van der Waals surface area contributed by atoms with E-state index in [1.807, 2.05) is 0 Å². The van der Waals surface area contributed by atoms with Crippen molar-refractivity contribution in [3.8, 4) is 11.5 Å². The van der Waals surface area contributed by atoms with Crippen molar-refractivity contribution in [2.75, 3.05) is 0 Å². The first-order valence-corrected chi connectivity index (χ1v) is 5.61. The van der Waals surface area contributed by atoms with E-state index in [0.29, 0.717) is 0 Å². The van der Waals surface area contributed by atoms with E-state index in [-0.39, 0.29) is 22.9 Å². The fourth-order valence-corrected chi connectivity index (χ4v) is 1.69. The molecule has 0 aromatic heterocycles. The number of benzene rings is 2. The maximum atomic E-state index is 13.4. The van der Waals surface area contributed by atoms with Gasteiger partial charge in [-0.2, -0.15) is 0 Å². The van der Waals surface area contributed by atoms with E-state index < -0.39 is 17.5 Å². The van der Waals surface area contributed by atoms with Gasteiger partial charge in [0, 0.05) is 11.6 Å². The number of ether oxygens (including phenoxy) is 1. The Bertz CT molecular complexity index is 572. The van der Waals surface area contributed by atoms with Crippen LogP contribution >= 0.6 is 11.6 Å². The number of rotatable bonds is 3. The Morgan fingerprint density at radius 1 is 0.944 bits per heavy atom. The highest BCUT2D eigenvalue weighted by Gasteiger charge is 2.10. The molecule has 0 radical (unpaired) electrons. The normalized spacial score (nSPS) is 10.4. The van der Waals surface area contributed by atoms with Crippen LogP contribution in [0.1, 0.15) is 5.56 Å². The molecule has 0 amide bonds. The van der Waals surface area contributed by atoms with Gasteiger partial charge in [-0.1, -0.05) is 6.07 Å². The molecular formula is C13H8ClF3O. The van der Waals surface area contributed by atoms with Crippen LogP contribution in [-0.4, -0.2) is 0 Å². The first-order chi connectivity index (χ1) is 8.61. The SMILES string of the molecule is Fc1ccc(Oc2cccc(F)c2CCl)cc1F. The van der Waals surface area contributed by atoms with Gasteiger partial charge in [0.05, 0.1) is 5.88 Å². The van der Waals surface area contributed by atoms with Gasteiger partial charge in [-0.05, 0) is 24.3 Å². The lowest BCUT2D eigenvalue weighted by atomic mass is 10.2. The summed E-state index contributed by atoms with van der Waals surface area (Å²) in [5, 5.41) is 0. The highest BCUT2D eigenvalue weighted by molar-refractivity contribution is 6.17. The van der Waals surface area contributed by atoms with Crippen LogP contribution in [0.4, 0.5) is 13.2 Å². The van der Waals surface area contributed by atoms with E-state index in [0.717, 1.165) is 12.1 Å². The first-order valence-electron chi connectivity index (χ1n) is 5.08. The van der Waals surface area contributed by atoms with Gasteiger partial charge in [-0.3, -0.25) is 0 Å². The molecule has 2 rings (SSSR count). The molecule has 0 aliphatic heterocycles. The fourth-order valence-electron chi connectivity index (χ4n) is 1.43. The lowest BCUT2D eigenvalue weighted by molar-refractivity contribution is 0.454. The lowest BCUT2D eigenvalue weighted by Crippen LogP contribution is -1.94. The molecule has 0 fully saturated rings. The topological polar surface area (TPSA) is 9.23 Å². The third-order valence-electron chi connectivity index (χ3n) is 2.33. The Hall–Kier alpha value is -1.68. The molecular weight excluding hydrogens is 265 g/mol. The van der Waals surface area contributed by atoms with Crippen LogP contribution in [0.2, 0.25) is 0 Å². The molecule has 0 spiro atoms. The van der Waals surface area contributed by atoms with E-state index in [4.69, 9.17) is 16.3 Å². The van der Waals surface area contributed by atoms with Gasteiger partial charge in [0.2, 0.25) is 0 Å². The highest BCUT2D eigenvalue weighted by atomic mass is 35.5. The smallest absolute Gasteiger partial charge is 0.162 e. The number of hydrogen-bond acceptors (Lipinski definition) is 1. The zero-order chi connectivity index (χ0) is 13.1. The van der Waals surface area contributed by atoms with E-state index >= 15 is 0 Å². The molecule has 0 aliphatic carbocycles. The summed E-state index contributed by atoms with van der Waals surface area (Å²) < 4.78 is 44.4. The minimum absolute atomic E-state index is 0.0749. The van der Waals surface area contributed by atoms with Gasteiger partial charge in [0.15, 0.2) is 11.6 Å². The average molecular weight is 273 g/mol. The molecule has 0 unspecified atom stereocenters. The molecule has 0 heterocycles. The second-order valence-corrected chi connectivity index (χ2v) is 3.80. The van der Waals surface area contributed by atoms with Crippen LogP contribution in [0.5, 0.6) is 11.5 Å². The zero-order valence-electron chi connectivity index (χ0n) is 9.09. The van der Waals surface area contributed by atoms with Gasteiger partial charge in [0.25, 0.3) is 0 Å². The second-order valence-electron chi connectivity index (χ2n) is 3.53. The molecule has 2 aromatic rings. The Morgan fingerprint density at radius 2 is 1.72 bits per heavy atom. The summed E-state index contributed by atoms with van der Waals surface area (Å²) in [6, 6.07) is 7.27. The highest BCUT2D eigenvalue weighted by Crippen LogP contribution is 2.29. The van der Waals surface area contributed by atoms with Crippen molar-refractivity contribution in [1.82, 2.24) is 0 Å². The predicted octanol–water partition coefficient (Wildman–Crippen LogP) is 4.64. The van der Waals surface area contributed by atoms with E-state index in [9.17, 15) is 13.2 Å². The Balaban J connectivity index is 2.34. The van der Waals surface area contributed by atoms with Crippen LogP contribution in [0.25, 0.3) is 0 Å². The molecule has 94 valence electrons. The Kier molecular flexibility index (Phi) is 3.77. The summed E-state index contributed by atoms with van der Waals surface area (Å²) in [7, 11) is 0. The molecule has 0 atom stereocenters. The minimum Gasteiger partial charge on any atom is -0.457 e. The van der Waals surface area contributed by atoms with Crippen LogP contribution < -0.4 is 4.74 Å². The van der Waals surface area contributed by atoms with Gasteiger partial charge in [-0.15, -0.1) is 11.6 Å². The van der Waals surface area contributed by atoms with Gasteiger partial charge < -0.3 is 4.74 Å². The molecule has 18 heavy (non-hydrogen) atoms. The third kappa shape index (κ3) is 2.59. The number of hydrogen-bond donors (Lipinski definition) is 0. The third-order valence-corrected chi connectivity index (χ3v) is 2.60. The monoisotopic (exact) mass is 272 g/mol. The maximum absolute atomic E-state index is 13.4.